The highest BCUT2D eigenvalue weighted by molar-refractivity contribution is 5.44. The van der Waals surface area contributed by atoms with Gasteiger partial charge in [-0.2, -0.15) is 4.98 Å². The van der Waals surface area contributed by atoms with E-state index in [0.717, 1.165) is 24.6 Å². The third-order valence-corrected chi connectivity index (χ3v) is 2.33. The highest BCUT2D eigenvalue weighted by Gasteiger charge is 2.06. The molecule has 88 valence electrons. The molecule has 1 N–H and O–H groups in total. The number of aryl methyl sites for hydroxylation is 1. The molecule has 0 saturated heterocycles. The van der Waals surface area contributed by atoms with Crippen LogP contribution in [0.15, 0.2) is 18.7 Å². The summed E-state index contributed by atoms with van der Waals surface area (Å²) in [4.78, 5) is 11.0. The van der Waals surface area contributed by atoms with Crippen LogP contribution in [0.5, 0.6) is 0 Å². The van der Waals surface area contributed by atoms with Crippen LogP contribution in [0.4, 0.5) is 11.8 Å². The molecule has 16 heavy (non-hydrogen) atoms. The molecule has 0 amide bonds. The molecule has 0 atom stereocenters. The molecular weight excluding hydrogens is 200 g/mol. The Morgan fingerprint density at radius 2 is 2.06 bits per heavy atom. The molecule has 4 nitrogen and oxygen atoms in total. The molecule has 0 aliphatic rings. The third kappa shape index (κ3) is 3.22. The minimum Gasteiger partial charge on any atom is -0.357 e. The lowest BCUT2D eigenvalue weighted by Gasteiger charge is -2.20. The fourth-order valence-electron chi connectivity index (χ4n) is 1.50. The summed E-state index contributed by atoms with van der Waals surface area (Å²) in [6.07, 6.45) is 1.79. The molecular formula is C12H20N4. The largest absolute Gasteiger partial charge is 0.357 e. The molecule has 0 saturated carbocycles. The Morgan fingerprint density at radius 1 is 1.38 bits per heavy atom. The first-order valence-electron chi connectivity index (χ1n) is 5.66. The third-order valence-electron chi connectivity index (χ3n) is 2.33. The van der Waals surface area contributed by atoms with Gasteiger partial charge >= 0.3 is 0 Å². The van der Waals surface area contributed by atoms with Crippen molar-refractivity contribution in [1.29, 1.82) is 0 Å². The van der Waals surface area contributed by atoms with E-state index in [2.05, 4.69) is 40.6 Å². The number of nitrogens with one attached hydrogen (secondary N) is 1. The second kappa shape index (κ2) is 6.10. The standard InChI is InChI=1S/C12H20N4/c1-5-8-13-12-14-10(4)9-11(15-12)16(6-2)7-3/h5,9H,1,6-8H2,2-4H3,(H,13,14,15). The van der Waals surface area contributed by atoms with Crippen molar-refractivity contribution in [1.82, 2.24) is 9.97 Å². The monoisotopic (exact) mass is 220 g/mol. The van der Waals surface area contributed by atoms with Crippen molar-refractivity contribution in [3.8, 4) is 0 Å². The van der Waals surface area contributed by atoms with Gasteiger partial charge in [0, 0.05) is 31.4 Å². The lowest BCUT2D eigenvalue weighted by Crippen LogP contribution is -2.23. The van der Waals surface area contributed by atoms with Gasteiger partial charge < -0.3 is 10.2 Å². The van der Waals surface area contributed by atoms with Crippen LogP contribution in [-0.4, -0.2) is 29.6 Å². The zero-order chi connectivity index (χ0) is 12.0. The van der Waals surface area contributed by atoms with Gasteiger partial charge in [0.2, 0.25) is 5.95 Å². The molecule has 0 aromatic carbocycles. The second-order valence-electron chi connectivity index (χ2n) is 3.53. The second-order valence-corrected chi connectivity index (χ2v) is 3.53. The molecule has 0 fully saturated rings. The molecule has 1 heterocycles. The average molecular weight is 220 g/mol. The smallest absolute Gasteiger partial charge is 0.225 e. The number of rotatable bonds is 6. The van der Waals surface area contributed by atoms with E-state index in [9.17, 15) is 0 Å². The minimum absolute atomic E-state index is 0.668. The number of nitrogens with zero attached hydrogens (tertiary/aromatic N) is 3. The predicted octanol–water partition coefficient (Wildman–Crippen LogP) is 2.23. The molecule has 0 radical (unpaired) electrons. The Labute approximate surface area is 97.4 Å². The van der Waals surface area contributed by atoms with Crippen molar-refractivity contribution >= 4 is 11.8 Å². The summed E-state index contributed by atoms with van der Waals surface area (Å²) in [6.45, 7) is 12.5. The van der Waals surface area contributed by atoms with E-state index < -0.39 is 0 Å². The normalized spacial score (nSPS) is 9.94. The van der Waals surface area contributed by atoms with Gasteiger partial charge in [0.1, 0.15) is 5.82 Å². The Hall–Kier alpha value is -1.58. The number of hydrogen-bond acceptors (Lipinski definition) is 4. The molecule has 1 aromatic rings. The molecule has 0 unspecified atom stereocenters. The molecule has 0 bridgehead atoms. The minimum atomic E-state index is 0.668. The Bertz CT molecular complexity index is 345. The number of aromatic nitrogens is 2. The van der Waals surface area contributed by atoms with Crippen LogP contribution in [0.1, 0.15) is 19.5 Å². The summed E-state index contributed by atoms with van der Waals surface area (Å²) < 4.78 is 0. The van der Waals surface area contributed by atoms with Crippen LogP contribution in [0.25, 0.3) is 0 Å². The Morgan fingerprint density at radius 3 is 2.62 bits per heavy atom. The summed E-state index contributed by atoms with van der Waals surface area (Å²) in [7, 11) is 0. The lowest BCUT2D eigenvalue weighted by atomic mass is 10.4. The fourth-order valence-corrected chi connectivity index (χ4v) is 1.50. The summed E-state index contributed by atoms with van der Waals surface area (Å²) in [6, 6.07) is 2.01. The fraction of sp³-hybridized carbons (Fsp3) is 0.500. The van der Waals surface area contributed by atoms with Crippen molar-refractivity contribution in [3.05, 3.63) is 24.4 Å². The molecule has 1 rings (SSSR count). The molecule has 0 aliphatic carbocycles. The summed E-state index contributed by atoms with van der Waals surface area (Å²) >= 11 is 0. The van der Waals surface area contributed by atoms with Gasteiger partial charge in [-0.1, -0.05) is 6.08 Å². The van der Waals surface area contributed by atoms with Gasteiger partial charge in [-0.05, 0) is 20.8 Å². The highest BCUT2D eigenvalue weighted by atomic mass is 15.2. The number of hydrogen-bond donors (Lipinski definition) is 1. The first-order valence-corrected chi connectivity index (χ1v) is 5.66. The van der Waals surface area contributed by atoms with Gasteiger partial charge in [-0.25, -0.2) is 4.98 Å². The highest BCUT2D eigenvalue weighted by Crippen LogP contribution is 2.14. The lowest BCUT2D eigenvalue weighted by molar-refractivity contribution is 0.839. The van der Waals surface area contributed by atoms with Gasteiger partial charge in [-0.3, -0.25) is 0 Å². The summed E-state index contributed by atoms with van der Waals surface area (Å²) in [5, 5.41) is 3.11. The quantitative estimate of drug-likeness (QED) is 0.746. The van der Waals surface area contributed by atoms with Crippen LogP contribution < -0.4 is 10.2 Å². The zero-order valence-electron chi connectivity index (χ0n) is 10.3. The van der Waals surface area contributed by atoms with E-state index in [1.54, 1.807) is 6.08 Å². The topological polar surface area (TPSA) is 41.1 Å². The van der Waals surface area contributed by atoms with Crippen molar-refractivity contribution in [2.24, 2.45) is 0 Å². The summed E-state index contributed by atoms with van der Waals surface area (Å²) in [5.74, 6) is 1.64. The SMILES string of the molecule is C=CCNc1nc(C)cc(N(CC)CC)n1. The average Bonchev–Trinajstić information content (AvgIpc) is 2.27. The first-order chi connectivity index (χ1) is 7.71. The van der Waals surface area contributed by atoms with E-state index in [1.165, 1.54) is 0 Å². The van der Waals surface area contributed by atoms with Crippen LogP contribution >= 0.6 is 0 Å². The summed E-state index contributed by atoms with van der Waals surface area (Å²) in [5.41, 5.74) is 0.975. The van der Waals surface area contributed by atoms with Crippen LogP contribution in [0.3, 0.4) is 0 Å². The first kappa shape index (κ1) is 12.5. The zero-order valence-corrected chi connectivity index (χ0v) is 10.3. The van der Waals surface area contributed by atoms with Gasteiger partial charge in [0.25, 0.3) is 0 Å². The van der Waals surface area contributed by atoms with E-state index in [-0.39, 0.29) is 0 Å². The van der Waals surface area contributed by atoms with Crippen molar-refractivity contribution in [3.63, 3.8) is 0 Å². The predicted molar refractivity (Wildman–Crippen MR) is 69.0 cm³/mol. The van der Waals surface area contributed by atoms with E-state index >= 15 is 0 Å². The molecule has 0 spiro atoms. The van der Waals surface area contributed by atoms with Crippen molar-refractivity contribution < 1.29 is 0 Å². The van der Waals surface area contributed by atoms with Gasteiger partial charge in [0.15, 0.2) is 0 Å². The van der Waals surface area contributed by atoms with Crippen LogP contribution in [-0.2, 0) is 0 Å². The maximum atomic E-state index is 4.47. The van der Waals surface area contributed by atoms with E-state index in [1.807, 2.05) is 13.0 Å². The van der Waals surface area contributed by atoms with Crippen LogP contribution in [0, 0.1) is 6.92 Å². The molecule has 4 heteroatoms. The Balaban J connectivity index is 2.92. The molecule has 1 aromatic heterocycles. The maximum Gasteiger partial charge on any atom is 0.225 e. The van der Waals surface area contributed by atoms with Gasteiger partial charge in [-0.15, -0.1) is 6.58 Å². The van der Waals surface area contributed by atoms with E-state index in [0.29, 0.717) is 12.5 Å². The maximum absolute atomic E-state index is 4.47. The van der Waals surface area contributed by atoms with E-state index in [4.69, 9.17) is 0 Å². The molecule has 0 aliphatic heterocycles. The van der Waals surface area contributed by atoms with Crippen molar-refractivity contribution in [2.45, 2.75) is 20.8 Å². The Kier molecular flexibility index (Phi) is 4.76. The van der Waals surface area contributed by atoms with Gasteiger partial charge in [0.05, 0.1) is 0 Å². The van der Waals surface area contributed by atoms with Crippen LogP contribution in [0.2, 0.25) is 0 Å². The van der Waals surface area contributed by atoms with Crippen molar-refractivity contribution in [2.75, 3.05) is 29.9 Å². The number of anilines is 2.